The van der Waals surface area contributed by atoms with Crippen molar-refractivity contribution in [2.75, 3.05) is 32.7 Å². The summed E-state index contributed by atoms with van der Waals surface area (Å²) in [5, 5.41) is 0. The first kappa shape index (κ1) is 25.6. The van der Waals surface area contributed by atoms with Gasteiger partial charge in [0.1, 0.15) is 6.04 Å². The van der Waals surface area contributed by atoms with Gasteiger partial charge < -0.3 is 4.90 Å². The zero-order valence-electron chi connectivity index (χ0n) is 21.4. The molecule has 0 unspecified atom stereocenters. The van der Waals surface area contributed by atoms with Gasteiger partial charge in [-0.2, -0.15) is 4.31 Å². The van der Waals surface area contributed by atoms with Crippen molar-refractivity contribution in [2.45, 2.75) is 43.2 Å². The number of aryl methyl sites for hydroxylation is 1. The molecule has 0 aromatic heterocycles. The van der Waals surface area contributed by atoms with E-state index in [0.717, 1.165) is 31.5 Å². The van der Waals surface area contributed by atoms with E-state index in [0.29, 0.717) is 26.1 Å². The Hall–Kier alpha value is -3.00. The van der Waals surface area contributed by atoms with Gasteiger partial charge in [-0.3, -0.25) is 9.69 Å². The standard InChI is InChI=1S/C30H35N3O3S/c1-24-15-17-27(18-16-24)37(35,36)33-19-9-8-14-28(33)30(34)32-22-20-31(21-23-32)29(25-10-4-2-5-11-25)26-12-6-3-7-13-26/h2-7,10-13,15-18,28-29H,8-9,14,19-23H2,1H3/t28-/m1/s1. The van der Waals surface area contributed by atoms with Crippen LogP contribution in [0.1, 0.15) is 42.0 Å². The highest BCUT2D eigenvalue weighted by atomic mass is 32.2. The Morgan fingerprint density at radius 3 is 1.89 bits per heavy atom. The van der Waals surface area contributed by atoms with Crippen LogP contribution in [0.25, 0.3) is 0 Å². The molecule has 3 aromatic rings. The smallest absolute Gasteiger partial charge is 0.243 e. The van der Waals surface area contributed by atoms with Crippen LogP contribution in [0.5, 0.6) is 0 Å². The van der Waals surface area contributed by atoms with Crippen LogP contribution < -0.4 is 0 Å². The van der Waals surface area contributed by atoms with Gasteiger partial charge in [-0.05, 0) is 43.0 Å². The Labute approximate surface area is 220 Å². The third kappa shape index (κ3) is 5.49. The first-order valence-corrected chi connectivity index (χ1v) is 14.6. The average Bonchev–Trinajstić information content (AvgIpc) is 2.95. The zero-order valence-corrected chi connectivity index (χ0v) is 22.2. The molecule has 3 aromatic carbocycles. The number of piperidine rings is 1. The minimum absolute atomic E-state index is 0.0639. The maximum Gasteiger partial charge on any atom is 0.243 e. The summed E-state index contributed by atoms with van der Waals surface area (Å²) in [6, 6.07) is 27.4. The monoisotopic (exact) mass is 517 g/mol. The van der Waals surface area contributed by atoms with Gasteiger partial charge >= 0.3 is 0 Å². The predicted molar refractivity (Wildman–Crippen MR) is 146 cm³/mol. The van der Waals surface area contributed by atoms with Crippen LogP contribution in [0.15, 0.2) is 89.8 Å². The lowest BCUT2D eigenvalue weighted by Gasteiger charge is -2.42. The van der Waals surface area contributed by atoms with Gasteiger partial charge in [0.2, 0.25) is 15.9 Å². The average molecular weight is 518 g/mol. The minimum atomic E-state index is -3.73. The summed E-state index contributed by atoms with van der Waals surface area (Å²) in [7, 11) is -3.73. The third-order valence-electron chi connectivity index (χ3n) is 7.59. The Morgan fingerprint density at radius 2 is 1.32 bits per heavy atom. The van der Waals surface area contributed by atoms with Crippen molar-refractivity contribution < 1.29 is 13.2 Å². The number of carbonyl (C=O) groups is 1. The molecular formula is C30H35N3O3S. The molecule has 37 heavy (non-hydrogen) atoms. The molecule has 1 amide bonds. The highest BCUT2D eigenvalue weighted by Crippen LogP contribution is 2.31. The zero-order chi connectivity index (χ0) is 25.8. The van der Waals surface area contributed by atoms with Crippen molar-refractivity contribution in [2.24, 2.45) is 0 Å². The first-order valence-electron chi connectivity index (χ1n) is 13.2. The normalized spacial score (nSPS) is 19.7. The fourth-order valence-electron chi connectivity index (χ4n) is 5.58. The van der Waals surface area contributed by atoms with Gasteiger partial charge in [0.05, 0.1) is 10.9 Å². The van der Waals surface area contributed by atoms with Gasteiger partial charge in [0.25, 0.3) is 0 Å². The molecule has 6 nitrogen and oxygen atoms in total. The summed E-state index contributed by atoms with van der Waals surface area (Å²) in [5.74, 6) is -0.0639. The molecule has 2 aliphatic rings. The highest BCUT2D eigenvalue weighted by Gasteiger charge is 2.40. The number of hydrogen-bond donors (Lipinski definition) is 0. The summed E-state index contributed by atoms with van der Waals surface area (Å²) >= 11 is 0. The Balaban J connectivity index is 1.32. The van der Waals surface area contributed by atoms with E-state index >= 15 is 0 Å². The van der Waals surface area contributed by atoms with Crippen LogP contribution in [0.4, 0.5) is 0 Å². The number of amides is 1. The summed E-state index contributed by atoms with van der Waals surface area (Å²) in [6.45, 7) is 4.96. The number of rotatable bonds is 6. The molecule has 0 saturated carbocycles. The molecule has 5 rings (SSSR count). The van der Waals surface area contributed by atoms with E-state index in [4.69, 9.17) is 0 Å². The molecule has 0 spiro atoms. The largest absolute Gasteiger partial charge is 0.339 e. The quantitative estimate of drug-likeness (QED) is 0.484. The molecule has 2 saturated heterocycles. The van der Waals surface area contributed by atoms with Crippen LogP contribution in [0, 0.1) is 6.92 Å². The van der Waals surface area contributed by atoms with Crippen LogP contribution in [-0.4, -0.2) is 67.2 Å². The molecular weight excluding hydrogens is 482 g/mol. The number of benzene rings is 3. The van der Waals surface area contributed by atoms with E-state index in [1.807, 2.05) is 36.1 Å². The van der Waals surface area contributed by atoms with Gasteiger partial charge in [-0.1, -0.05) is 84.8 Å². The molecule has 194 valence electrons. The van der Waals surface area contributed by atoms with E-state index in [1.165, 1.54) is 15.4 Å². The lowest BCUT2D eigenvalue weighted by molar-refractivity contribution is -0.138. The van der Waals surface area contributed by atoms with Crippen LogP contribution >= 0.6 is 0 Å². The van der Waals surface area contributed by atoms with Gasteiger partial charge in [-0.25, -0.2) is 8.42 Å². The summed E-state index contributed by atoms with van der Waals surface area (Å²) in [5.41, 5.74) is 3.47. The second-order valence-electron chi connectivity index (χ2n) is 10.0. The first-order chi connectivity index (χ1) is 17.9. The second-order valence-corrected chi connectivity index (χ2v) is 11.9. The molecule has 0 N–H and O–H groups in total. The Bertz CT molecular complexity index is 1250. The van der Waals surface area contributed by atoms with Crippen LogP contribution in [0.2, 0.25) is 0 Å². The van der Waals surface area contributed by atoms with Crippen molar-refractivity contribution in [3.05, 3.63) is 102 Å². The van der Waals surface area contributed by atoms with Gasteiger partial charge in [-0.15, -0.1) is 0 Å². The molecule has 2 heterocycles. The Kier molecular flexibility index (Phi) is 7.74. The van der Waals surface area contributed by atoms with E-state index in [-0.39, 0.29) is 16.8 Å². The predicted octanol–water partition coefficient (Wildman–Crippen LogP) is 4.47. The number of piperazine rings is 1. The van der Waals surface area contributed by atoms with Gasteiger partial charge in [0, 0.05) is 32.7 Å². The van der Waals surface area contributed by atoms with Crippen molar-refractivity contribution in [3.63, 3.8) is 0 Å². The number of hydrogen-bond acceptors (Lipinski definition) is 4. The van der Waals surface area contributed by atoms with Crippen LogP contribution in [0.3, 0.4) is 0 Å². The third-order valence-corrected chi connectivity index (χ3v) is 9.51. The van der Waals surface area contributed by atoms with E-state index < -0.39 is 16.1 Å². The summed E-state index contributed by atoms with van der Waals surface area (Å²) in [4.78, 5) is 18.3. The maximum absolute atomic E-state index is 13.7. The Morgan fingerprint density at radius 1 is 0.757 bits per heavy atom. The highest BCUT2D eigenvalue weighted by molar-refractivity contribution is 7.89. The van der Waals surface area contributed by atoms with Crippen molar-refractivity contribution >= 4 is 15.9 Å². The second kappa shape index (κ2) is 11.2. The fourth-order valence-corrected chi connectivity index (χ4v) is 7.23. The molecule has 0 bridgehead atoms. The lowest BCUT2D eigenvalue weighted by Crippen LogP contribution is -2.57. The molecule has 2 aliphatic heterocycles. The summed E-state index contributed by atoms with van der Waals surface area (Å²) in [6.07, 6.45) is 2.21. The van der Waals surface area contributed by atoms with Crippen molar-refractivity contribution in [1.29, 1.82) is 0 Å². The van der Waals surface area contributed by atoms with Crippen molar-refractivity contribution in [1.82, 2.24) is 14.1 Å². The molecule has 0 aliphatic carbocycles. The lowest BCUT2D eigenvalue weighted by atomic mass is 9.96. The summed E-state index contributed by atoms with van der Waals surface area (Å²) < 4.78 is 28.4. The number of carbonyl (C=O) groups excluding carboxylic acids is 1. The fraction of sp³-hybridized carbons (Fsp3) is 0.367. The minimum Gasteiger partial charge on any atom is -0.339 e. The molecule has 7 heteroatoms. The van der Waals surface area contributed by atoms with E-state index in [1.54, 1.807) is 12.1 Å². The van der Waals surface area contributed by atoms with Gasteiger partial charge in [0.15, 0.2) is 0 Å². The number of nitrogens with zero attached hydrogens (tertiary/aromatic N) is 3. The van der Waals surface area contributed by atoms with E-state index in [9.17, 15) is 13.2 Å². The van der Waals surface area contributed by atoms with E-state index in [2.05, 4.69) is 53.4 Å². The number of sulfonamides is 1. The maximum atomic E-state index is 13.7. The SMILES string of the molecule is Cc1ccc(S(=O)(=O)N2CCCC[C@@H]2C(=O)N2CCN(C(c3ccccc3)c3ccccc3)CC2)cc1. The topological polar surface area (TPSA) is 60.9 Å². The molecule has 2 fully saturated rings. The molecule has 1 atom stereocenters. The van der Waals surface area contributed by atoms with Crippen LogP contribution in [-0.2, 0) is 14.8 Å². The van der Waals surface area contributed by atoms with Crippen molar-refractivity contribution in [3.8, 4) is 0 Å². The molecule has 0 radical (unpaired) electrons.